The van der Waals surface area contributed by atoms with E-state index < -0.39 is 0 Å². The molecule has 0 aliphatic heterocycles. The summed E-state index contributed by atoms with van der Waals surface area (Å²) in [5.74, 6) is -0.287. The number of ketones is 1. The van der Waals surface area contributed by atoms with Gasteiger partial charge < -0.3 is 0 Å². The van der Waals surface area contributed by atoms with Crippen molar-refractivity contribution in [3.05, 3.63) is 46.0 Å². The topological polar surface area (TPSA) is 17.1 Å². The van der Waals surface area contributed by atoms with E-state index in [1.54, 1.807) is 24.3 Å². The molecule has 0 unspecified atom stereocenters. The van der Waals surface area contributed by atoms with Crippen LogP contribution in [-0.4, -0.2) is 5.78 Å². The van der Waals surface area contributed by atoms with E-state index in [1.807, 2.05) is 6.92 Å². The van der Waals surface area contributed by atoms with Gasteiger partial charge in [-0.1, -0.05) is 18.5 Å². The highest BCUT2D eigenvalue weighted by molar-refractivity contribution is 7.17. The lowest BCUT2D eigenvalue weighted by Crippen LogP contribution is -1.90. The Labute approximate surface area is 108 Å². The Morgan fingerprint density at radius 3 is 2.76 bits per heavy atom. The summed E-state index contributed by atoms with van der Waals surface area (Å²) in [5, 5.41) is 0.368. The van der Waals surface area contributed by atoms with Crippen LogP contribution in [0.25, 0.3) is 10.4 Å². The van der Waals surface area contributed by atoms with Gasteiger partial charge in [0.05, 0.1) is 4.88 Å². The molecule has 0 atom stereocenters. The minimum atomic E-state index is -0.366. The van der Waals surface area contributed by atoms with E-state index in [0.29, 0.717) is 21.9 Å². The molecule has 1 aromatic heterocycles. The van der Waals surface area contributed by atoms with Crippen LogP contribution in [0.1, 0.15) is 23.0 Å². The maximum atomic E-state index is 13.7. The van der Waals surface area contributed by atoms with E-state index in [1.165, 1.54) is 17.4 Å². The number of hydrogen-bond donors (Lipinski definition) is 0. The fourth-order valence-electron chi connectivity index (χ4n) is 1.50. The number of carbonyl (C=O) groups is 1. The zero-order valence-corrected chi connectivity index (χ0v) is 10.7. The molecule has 4 heteroatoms. The fourth-order valence-corrected chi connectivity index (χ4v) is 2.70. The molecule has 0 radical (unpaired) electrons. The van der Waals surface area contributed by atoms with Crippen molar-refractivity contribution in [2.75, 3.05) is 0 Å². The van der Waals surface area contributed by atoms with Gasteiger partial charge in [0.25, 0.3) is 0 Å². The van der Waals surface area contributed by atoms with Gasteiger partial charge in [0, 0.05) is 21.9 Å². The van der Waals surface area contributed by atoms with Crippen molar-refractivity contribution in [3.8, 4) is 10.4 Å². The summed E-state index contributed by atoms with van der Waals surface area (Å²) in [6.45, 7) is 1.81. The molecule has 88 valence electrons. The van der Waals surface area contributed by atoms with Crippen molar-refractivity contribution < 1.29 is 9.18 Å². The first-order valence-electron chi connectivity index (χ1n) is 5.20. The summed E-state index contributed by atoms with van der Waals surface area (Å²) in [6, 6.07) is 8.04. The maximum absolute atomic E-state index is 13.7. The molecule has 1 aromatic carbocycles. The summed E-state index contributed by atoms with van der Waals surface area (Å²) < 4.78 is 13.7. The molecule has 1 heterocycles. The normalized spacial score (nSPS) is 10.5. The van der Waals surface area contributed by atoms with Gasteiger partial charge in [0.1, 0.15) is 5.82 Å². The lowest BCUT2D eigenvalue weighted by Gasteiger charge is -2.00. The highest BCUT2D eigenvalue weighted by Gasteiger charge is 2.11. The van der Waals surface area contributed by atoms with Crippen LogP contribution >= 0.6 is 22.9 Å². The highest BCUT2D eigenvalue weighted by Crippen LogP contribution is 2.31. The molecule has 0 saturated carbocycles. The number of hydrogen-bond acceptors (Lipinski definition) is 2. The van der Waals surface area contributed by atoms with Crippen molar-refractivity contribution in [1.29, 1.82) is 0 Å². The lowest BCUT2D eigenvalue weighted by atomic mass is 10.2. The van der Waals surface area contributed by atoms with Crippen molar-refractivity contribution in [2.24, 2.45) is 0 Å². The molecule has 0 fully saturated rings. The quantitative estimate of drug-likeness (QED) is 0.731. The van der Waals surface area contributed by atoms with Gasteiger partial charge in [-0.25, -0.2) is 4.39 Å². The van der Waals surface area contributed by atoms with Gasteiger partial charge in [0.2, 0.25) is 0 Å². The van der Waals surface area contributed by atoms with E-state index in [-0.39, 0.29) is 11.6 Å². The molecule has 0 bridgehead atoms. The number of carbonyl (C=O) groups excluding carboxylic acids is 1. The van der Waals surface area contributed by atoms with Crippen LogP contribution in [0.3, 0.4) is 0 Å². The van der Waals surface area contributed by atoms with Crippen LogP contribution in [0, 0.1) is 5.82 Å². The first-order valence-corrected chi connectivity index (χ1v) is 6.39. The molecule has 0 aliphatic rings. The van der Waals surface area contributed by atoms with E-state index in [0.717, 1.165) is 4.88 Å². The van der Waals surface area contributed by atoms with Gasteiger partial charge in [-0.15, -0.1) is 11.3 Å². The van der Waals surface area contributed by atoms with Gasteiger partial charge in [-0.05, 0) is 30.3 Å². The second-order valence-corrected chi connectivity index (χ2v) is 5.09. The zero-order chi connectivity index (χ0) is 12.4. The van der Waals surface area contributed by atoms with Crippen LogP contribution < -0.4 is 0 Å². The molecule has 0 aliphatic carbocycles. The summed E-state index contributed by atoms with van der Waals surface area (Å²) in [7, 11) is 0. The van der Waals surface area contributed by atoms with Gasteiger partial charge >= 0.3 is 0 Å². The van der Waals surface area contributed by atoms with Crippen LogP contribution in [0.15, 0.2) is 30.3 Å². The number of Topliss-reactive ketones (excluding diaryl/α,β-unsaturated/α-hetero) is 1. The Balaban J connectivity index is 2.40. The molecule has 0 N–H and O–H groups in total. The second-order valence-electron chi connectivity index (χ2n) is 3.56. The highest BCUT2D eigenvalue weighted by atomic mass is 35.5. The Kier molecular flexibility index (Phi) is 3.60. The fraction of sp³-hybridized carbons (Fsp3) is 0.154. The molecule has 2 aromatic rings. The first kappa shape index (κ1) is 12.3. The molecule has 0 amide bonds. The van der Waals surface area contributed by atoms with Crippen LogP contribution in [-0.2, 0) is 0 Å². The predicted octanol–water partition coefficient (Wildman–Crippen LogP) is 4.80. The molecular formula is C13H10ClFOS. The Morgan fingerprint density at radius 2 is 2.12 bits per heavy atom. The van der Waals surface area contributed by atoms with E-state index in [2.05, 4.69) is 0 Å². The zero-order valence-electron chi connectivity index (χ0n) is 9.17. The average Bonchev–Trinajstić information content (AvgIpc) is 2.77. The van der Waals surface area contributed by atoms with Crippen LogP contribution in [0.5, 0.6) is 0 Å². The van der Waals surface area contributed by atoms with Gasteiger partial charge in [-0.3, -0.25) is 4.79 Å². The molecule has 17 heavy (non-hydrogen) atoms. The predicted molar refractivity (Wildman–Crippen MR) is 69.3 cm³/mol. The number of benzene rings is 1. The Bertz CT molecular complexity index is 562. The standard InChI is InChI=1S/C13H10ClFOS/c1-2-11(16)13-6-5-12(17-13)9-4-3-8(14)7-10(9)15/h3-7H,2H2,1H3. The monoisotopic (exact) mass is 268 g/mol. The van der Waals surface area contributed by atoms with Gasteiger partial charge in [0.15, 0.2) is 5.78 Å². The van der Waals surface area contributed by atoms with E-state index in [4.69, 9.17) is 11.6 Å². The molecule has 0 saturated heterocycles. The molecule has 1 nitrogen and oxygen atoms in total. The van der Waals surface area contributed by atoms with Gasteiger partial charge in [-0.2, -0.15) is 0 Å². The largest absolute Gasteiger partial charge is 0.293 e. The SMILES string of the molecule is CCC(=O)c1ccc(-c2ccc(Cl)cc2F)s1. The van der Waals surface area contributed by atoms with Crippen molar-refractivity contribution in [2.45, 2.75) is 13.3 Å². The van der Waals surface area contributed by atoms with Crippen molar-refractivity contribution in [3.63, 3.8) is 0 Å². The first-order chi connectivity index (χ1) is 8.11. The molecule has 0 spiro atoms. The number of rotatable bonds is 3. The second kappa shape index (κ2) is 4.98. The minimum Gasteiger partial charge on any atom is -0.293 e. The summed E-state index contributed by atoms with van der Waals surface area (Å²) in [4.78, 5) is 12.9. The minimum absolute atomic E-state index is 0.0793. The summed E-state index contributed by atoms with van der Waals surface area (Å²) >= 11 is 7.00. The number of halogens is 2. The van der Waals surface area contributed by atoms with Crippen LogP contribution in [0.2, 0.25) is 5.02 Å². The maximum Gasteiger partial charge on any atom is 0.172 e. The van der Waals surface area contributed by atoms with Crippen LogP contribution in [0.4, 0.5) is 4.39 Å². The van der Waals surface area contributed by atoms with E-state index >= 15 is 0 Å². The third-order valence-corrected chi connectivity index (χ3v) is 3.79. The molecule has 2 rings (SSSR count). The molecular weight excluding hydrogens is 259 g/mol. The van der Waals surface area contributed by atoms with Crippen molar-refractivity contribution >= 4 is 28.7 Å². The summed E-state index contributed by atoms with van der Waals surface area (Å²) in [5.41, 5.74) is 0.481. The van der Waals surface area contributed by atoms with Crippen molar-refractivity contribution in [1.82, 2.24) is 0 Å². The van der Waals surface area contributed by atoms with E-state index in [9.17, 15) is 9.18 Å². The smallest absolute Gasteiger partial charge is 0.172 e. The average molecular weight is 269 g/mol. The Morgan fingerprint density at radius 1 is 1.35 bits per heavy atom. The summed E-state index contributed by atoms with van der Waals surface area (Å²) in [6.07, 6.45) is 0.461. The number of thiophene rings is 1. The third-order valence-electron chi connectivity index (χ3n) is 2.40. The third kappa shape index (κ3) is 2.56. The Hall–Kier alpha value is -1.19. The lowest BCUT2D eigenvalue weighted by molar-refractivity contribution is 0.0992.